The molecule has 0 aromatic heterocycles. The predicted octanol–water partition coefficient (Wildman–Crippen LogP) is 18.2. The molecular formula is C76H60N2. The van der Waals surface area contributed by atoms with Crippen LogP contribution >= 0.6 is 0 Å². The van der Waals surface area contributed by atoms with Crippen LogP contribution in [0.15, 0.2) is 328 Å². The standard InChI is InChI=1S/C76H60N2/c1-7-19-57(20-8-1)63-31-43-69(44-32-63)75(70-45-33-64(34-46-70)58-21-9-2-10-22-58,71-47-35-65(36-48-71)59-23-11-3-12-24-59)77-55-56-78-76(72-49-37-66(38-50-72)60-25-13-4-14-26-60,73-51-39-67(40-52-73)61-27-15-5-16-28-61)74-53-41-68(42-54-74)62-29-17-6-18-30-62/h1-54,77-78H,55-56H2. The van der Waals surface area contributed by atoms with Crippen LogP contribution in [0.25, 0.3) is 66.8 Å². The molecule has 0 spiro atoms. The van der Waals surface area contributed by atoms with Crippen molar-refractivity contribution in [2.75, 3.05) is 13.1 Å². The second kappa shape index (κ2) is 22.8. The van der Waals surface area contributed by atoms with E-state index in [1.807, 2.05) is 0 Å². The summed E-state index contributed by atoms with van der Waals surface area (Å²) in [5.74, 6) is 0. The van der Waals surface area contributed by atoms with E-state index in [4.69, 9.17) is 0 Å². The van der Waals surface area contributed by atoms with E-state index in [0.29, 0.717) is 13.1 Å². The van der Waals surface area contributed by atoms with Crippen LogP contribution in [0.5, 0.6) is 0 Å². The zero-order chi connectivity index (χ0) is 52.4. The Balaban J connectivity index is 0.994. The van der Waals surface area contributed by atoms with E-state index in [9.17, 15) is 0 Å². The third kappa shape index (κ3) is 10.2. The molecule has 0 unspecified atom stereocenters. The summed E-state index contributed by atoms with van der Waals surface area (Å²) >= 11 is 0. The van der Waals surface area contributed by atoms with Gasteiger partial charge < -0.3 is 0 Å². The van der Waals surface area contributed by atoms with Gasteiger partial charge in [-0.3, -0.25) is 10.6 Å². The summed E-state index contributed by atoms with van der Waals surface area (Å²) < 4.78 is 0. The Labute approximate surface area is 460 Å². The maximum absolute atomic E-state index is 4.32. The third-order valence-electron chi connectivity index (χ3n) is 15.5. The van der Waals surface area contributed by atoms with Gasteiger partial charge in [0.1, 0.15) is 0 Å². The van der Waals surface area contributed by atoms with E-state index >= 15 is 0 Å². The highest BCUT2D eigenvalue weighted by Crippen LogP contribution is 2.42. The molecule has 2 N–H and O–H groups in total. The molecule has 0 fully saturated rings. The number of rotatable bonds is 17. The Morgan fingerprint density at radius 3 is 0.423 bits per heavy atom. The molecule has 0 saturated heterocycles. The highest BCUT2D eigenvalue weighted by Gasteiger charge is 2.39. The van der Waals surface area contributed by atoms with Crippen molar-refractivity contribution in [1.82, 2.24) is 10.6 Å². The smallest absolute Gasteiger partial charge is 0.0948 e. The lowest BCUT2D eigenvalue weighted by Crippen LogP contribution is -2.51. The van der Waals surface area contributed by atoms with Gasteiger partial charge in [0, 0.05) is 13.1 Å². The van der Waals surface area contributed by atoms with Crippen LogP contribution in [0.4, 0.5) is 0 Å². The Kier molecular flexibility index (Phi) is 14.5. The van der Waals surface area contributed by atoms with Gasteiger partial charge in [-0.25, -0.2) is 0 Å². The molecule has 12 rings (SSSR count). The van der Waals surface area contributed by atoms with Crippen LogP contribution in [0.2, 0.25) is 0 Å². The lowest BCUT2D eigenvalue weighted by atomic mass is 9.75. The summed E-state index contributed by atoms with van der Waals surface area (Å²) in [6.45, 7) is 1.21. The SMILES string of the molecule is c1ccc(-c2ccc(C(NCCNC(c3ccc(-c4ccccc4)cc3)(c3ccc(-c4ccccc4)cc3)c3ccc(-c4ccccc4)cc3)(c3ccc(-c4ccccc4)cc3)c3ccc(-c4ccccc4)cc3)cc2)cc1. The van der Waals surface area contributed by atoms with Crippen LogP contribution in [-0.2, 0) is 11.1 Å². The van der Waals surface area contributed by atoms with Crippen molar-refractivity contribution in [1.29, 1.82) is 0 Å². The number of benzene rings is 12. The van der Waals surface area contributed by atoms with E-state index in [-0.39, 0.29) is 0 Å². The van der Waals surface area contributed by atoms with Gasteiger partial charge >= 0.3 is 0 Å². The molecule has 0 heterocycles. The molecule has 0 aliphatic carbocycles. The average molecular weight is 1000 g/mol. The van der Waals surface area contributed by atoms with E-state index in [1.165, 1.54) is 66.8 Å². The van der Waals surface area contributed by atoms with E-state index in [0.717, 1.165) is 33.4 Å². The lowest BCUT2D eigenvalue weighted by molar-refractivity contribution is 0.421. The van der Waals surface area contributed by atoms with E-state index in [2.05, 4.69) is 338 Å². The summed E-state index contributed by atoms with van der Waals surface area (Å²) in [5, 5.41) is 8.63. The van der Waals surface area contributed by atoms with Crippen LogP contribution in [-0.4, -0.2) is 13.1 Å². The molecule has 0 atom stereocenters. The summed E-state index contributed by atoms with van der Waals surface area (Å²) in [6, 6.07) is 119. The Hall–Kier alpha value is -9.44. The summed E-state index contributed by atoms with van der Waals surface area (Å²) in [4.78, 5) is 0. The molecule has 78 heavy (non-hydrogen) atoms. The molecule has 2 heteroatoms. The first-order chi connectivity index (χ1) is 38.6. The molecule has 2 nitrogen and oxygen atoms in total. The molecule has 0 saturated carbocycles. The first-order valence-electron chi connectivity index (χ1n) is 27.1. The molecule has 12 aromatic rings. The first-order valence-corrected chi connectivity index (χ1v) is 27.1. The fraction of sp³-hybridized carbons (Fsp3) is 0.0526. The van der Waals surface area contributed by atoms with E-state index < -0.39 is 11.1 Å². The first kappa shape index (κ1) is 49.4. The zero-order valence-electron chi connectivity index (χ0n) is 43.6. The van der Waals surface area contributed by atoms with Crippen LogP contribution in [0.1, 0.15) is 33.4 Å². The normalized spacial score (nSPS) is 11.5. The molecule has 0 amide bonds. The molecule has 0 radical (unpaired) electrons. The van der Waals surface area contributed by atoms with Gasteiger partial charge in [0.15, 0.2) is 0 Å². The largest absolute Gasteiger partial charge is 0.299 e. The summed E-state index contributed by atoms with van der Waals surface area (Å²) in [6.07, 6.45) is 0. The van der Waals surface area contributed by atoms with Gasteiger partial charge in [-0.2, -0.15) is 0 Å². The molecular weight excluding hydrogens is 941 g/mol. The Morgan fingerprint density at radius 1 is 0.154 bits per heavy atom. The van der Waals surface area contributed by atoms with Gasteiger partial charge in [0.05, 0.1) is 11.1 Å². The fourth-order valence-corrected chi connectivity index (χ4v) is 11.4. The van der Waals surface area contributed by atoms with Crippen LogP contribution in [0, 0.1) is 0 Å². The molecule has 0 aliphatic heterocycles. The van der Waals surface area contributed by atoms with Crippen molar-refractivity contribution >= 4 is 0 Å². The zero-order valence-corrected chi connectivity index (χ0v) is 43.6. The highest BCUT2D eigenvalue weighted by atomic mass is 15.1. The predicted molar refractivity (Wildman–Crippen MR) is 327 cm³/mol. The van der Waals surface area contributed by atoms with Crippen LogP contribution in [0.3, 0.4) is 0 Å². The maximum atomic E-state index is 4.32. The van der Waals surface area contributed by atoms with Crippen molar-refractivity contribution in [3.05, 3.63) is 361 Å². The van der Waals surface area contributed by atoms with Gasteiger partial charge in [-0.05, 0) is 100 Å². The second-order valence-corrected chi connectivity index (χ2v) is 20.0. The molecule has 0 bridgehead atoms. The van der Waals surface area contributed by atoms with Crippen molar-refractivity contribution in [3.8, 4) is 66.8 Å². The van der Waals surface area contributed by atoms with Crippen molar-refractivity contribution < 1.29 is 0 Å². The van der Waals surface area contributed by atoms with Gasteiger partial charge in [0.25, 0.3) is 0 Å². The molecule has 12 aromatic carbocycles. The quantitative estimate of drug-likeness (QED) is 0.0702. The van der Waals surface area contributed by atoms with Crippen molar-refractivity contribution in [3.63, 3.8) is 0 Å². The summed E-state index contributed by atoms with van der Waals surface area (Å²) in [7, 11) is 0. The second-order valence-electron chi connectivity index (χ2n) is 20.0. The van der Waals surface area contributed by atoms with Crippen molar-refractivity contribution in [2.24, 2.45) is 0 Å². The van der Waals surface area contributed by atoms with Gasteiger partial charge in [0.2, 0.25) is 0 Å². The summed E-state index contributed by atoms with van der Waals surface area (Å²) in [5.41, 5.74) is 19.5. The number of nitrogens with one attached hydrogen (secondary N) is 2. The van der Waals surface area contributed by atoms with Crippen molar-refractivity contribution in [2.45, 2.75) is 11.1 Å². The van der Waals surface area contributed by atoms with E-state index in [1.54, 1.807) is 0 Å². The monoisotopic (exact) mass is 1000 g/mol. The lowest BCUT2D eigenvalue weighted by Gasteiger charge is -2.40. The van der Waals surface area contributed by atoms with Gasteiger partial charge in [-0.1, -0.05) is 328 Å². The Bertz CT molecular complexity index is 3130. The minimum Gasteiger partial charge on any atom is -0.299 e. The minimum atomic E-state index is -0.768. The van der Waals surface area contributed by atoms with Crippen LogP contribution < -0.4 is 10.6 Å². The number of hydrogen-bond donors (Lipinski definition) is 2. The Morgan fingerprint density at radius 2 is 0.282 bits per heavy atom. The minimum absolute atomic E-state index is 0.607. The molecule has 0 aliphatic rings. The topological polar surface area (TPSA) is 24.1 Å². The molecule has 374 valence electrons. The number of hydrogen-bond acceptors (Lipinski definition) is 2. The average Bonchev–Trinajstić information content (AvgIpc) is 3.65. The fourth-order valence-electron chi connectivity index (χ4n) is 11.4. The highest BCUT2D eigenvalue weighted by molar-refractivity contribution is 5.71. The van der Waals surface area contributed by atoms with Gasteiger partial charge in [-0.15, -0.1) is 0 Å². The third-order valence-corrected chi connectivity index (χ3v) is 15.5. The maximum Gasteiger partial charge on any atom is 0.0948 e.